The number of hydrogen-bond donors (Lipinski definition) is 3. The lowest BCUT2D eigenvalue weighted by atomic mass is 10.2. The van der Waals surface area contributed by atoms with Crippen LogP contribution in [0.1, 0.15) is 13.3 Å². The summed E-state index contributed by atoms with van der Waals surface area (Å²) in [5, 5.41) is 8.35. The fourth-order valence-electron chi connectivity index (χ4n) is 2.27. The van der Waals surface area contributed by atoms with Crippen LogP contribution in [0.5, 0.6) is 0 Å². The van der Waals surface area contributed by atoms with Crippen molar-refractivity contribution in [3.05, 3.63) is 28.2 Å². The average Bonchev–Trinajstić information content (AvgIpc) is 2.76. The molecule has 3 amide bonds. The van der Waals surface area contributed by atoms with E-state index in [9.17, 15) is 18.0 Å². The van der Waals surface area contributed by atoms with Gasteiger partial charge in [-0.15, -0.1) is 0 Å². The highest BCUT2D eigenvalue weighted by Gasteiger charge is 2.29. The van der Waals surface area contributed by atoms with Crippen LogP contribution in [0.25, 0.3) is 0 Å². The van der Waals surface area contributed by atoms with Gasteiger partial charge in [0.15, 0.2) is 9.84 Å². The molecule has 2 atom stereocenters. The third-order valence-electron chi connectivity index (χ3n) is 3.44. The SMILES string of the molecule is CC(NC(=O)NC1CCS(=O)(=O)C1)C(=O)Nc1cc(Cl)cc(Cl)c1. The fraction of sp³-hybridized carbons (Fsp3) is 0.429. The second kappa shape index (κ2) is 7.58. The standard InChI is InChI=1S/C14H17Cl2N3O4S/c1-8(13(20)18-12-5-9(15)4-10(16)6-12)17-14(21)19-11-2-3-24(22,23)7-11/h4-6,8,11H,2-3,7H2,1H3,(H,18,20)(H2,17,19,21). The maximum atomic E-state index is 12.1. The molecule has 0 aliphatic carbocycles. The van der Waals surface area contributed by atoms with E-state index in [1.54, 1.807) is 0 Å². The second-order valence-corrected chi connectivity index (χ2v) is 8.69. The smallest absolute Gasteiger partial charge is 0.315 e. The first-order chi connectivity index (χ1) is 11.1. The molecule has 1 saturated heterocycles. The molecule has 0 saturated carbocycles. The van der Waals surface area contributed by atoms with Crippen LogP contribution in [0, 0.1) is 0 Å². The Labute approximate surface area is 150 Å². The van der Waals surface area contributed by atoms with Gasteiger partial charge in [0.05, 0.1) is 11.5 Å². The van der Waals surface area contributed by atoms with Crippen molar-refractivity contribution in [2.45, 2.75) is 25.4 Å². The molecule has 0 spiro atoms. The summed E-state index contributed by atoms with van der Waals surface area (Å²) in [5.74, 6) is -0.478. The van der Waals surface area contributed by atoms with Crippen molar-refractivity contribution >= 4 is 50.7 Å². The molecule has 1 aliphatic rings. The molecule has 0 radical (unpaired) electrons. The minimum absolute atomic E-state index is 0.0590. The normalized spacial score (nSPS) is 20.2. The van der Waals surface area contributed by atoms with Crippen molar-refractivity contribution in [3.63, 3.8) is 0 Å². The first-order valence-corrected chi connectivity index (χ1v) is 9.77. The number of carbonyl (C=O) groups is 2. The number of urea groups is 1. The number of halogens is 2. The van der Waals surface area contributed by atoms with Gasteiger partial charge in [0.2, 0.25) is 5.91 Å². The molecule has 1 heterocycles. The molecule has 1 fully saturated rings. The van der Waals surface area contributed by atoms with Crippen LogP contribution in [0.2, 0.25) is 10.0 Å². The highest BCUT2D eigenvalue weighted by molar-refractivity contribution is 7.91. The quantitative estimate of drug-likeness (QED) is 0.725. The molecule has 0 aromatic heterocycles. The molecular weight excluding hydrogens is 377 g/mol. The van der Waals surface area contributed by atoms with Crippen molar-refractivity contribution in [2.24, 2.45) is 0 Å². The Hall–Kier alpha value is -1.51. The summed E-state index contributed by atoms with van der Waals surface area (Å²) >= 11 is 11.7. The van der Waals surface area contributed by atoms with E-state index >= 15 is 0 Å². The van der Waals surface area contributed by atoms with Crippen LogP contribution in [0.3, 0.4) is 0 Å². The Kier molecular flexibility index (Phi) is 5.95. The van der Waals surface area contributed by atoms with Gasteiger partial charge >= 0.3 is 6.03 Å². The van der Waals surface area contributed by atoms with Crippen molar-refractivity contribution in [1.82, 2.24) is 10.6 Å². The van der Waals surface area contributed by atoms with E-state index in [1.165, 1.54) is 25.1 Å². The van der Waals surface area contributed by atoms with Crippen molar-refractivity contribution < 1.29 is 18.0 Å². The number of sulfone groups is 1. The van der Waals surface area contributed by atoms with E-state index in [2.05, 4.69) is 16.0 Å². The molecule has 1 aliphatic heterocycles. The third-order valence-corrected chi connectivity index (χ3v) is 5.64. The lowest BCUT2D eigenvalue weighted by Gasteiger charge is -2.17. The molecule has 1 aromatic carbocycles. The summed E-state index contributed by atoms with van der Waals surface area (Å²) in [6, 6.07) is 2.73. The lowest BCUT2D eigenvalue weighted by Crippen LogP contribution is -2.49. The Morgan fingerprint density at radius 2 is 1.83 bits per heavy atom. The molecule has 2 unspecified atom stereocenters. The van der Waals surface area contributed by atoms with Gasteiger partial charge in [-0.3, -0.25) is 4.79 Å². The van der Waals surface area contributed by atoms with E-state index in [0.717, 1.165) is 0 Å². The Bertz CT molecular complexity index is 734. The summed E-state index contributed by atoms with van der Waals surface area (Å²) < 4.78 is 22.7. The Morgan fingerprint density at radius 3 is 2.38 bits per heavy atom. The van der Waals surface area contributed by atoms with Gasteiger partial charge in [-0.1, -0.05) is 23.2 Å². The van der Waals surface area contributed by atoms with Crippen molar-refractivity contribution in [2.75, 3.05) is 16.8 Å². The third kappa shape index (κ3) is 5.54. The average molecular weight is 394 g/mol. The van der Waals surface area contributed by atoms with Gasteiger partial charge in [-0.05, 0) is 31.5 Å². The van der Waals surface area contributed by atoms with E-state index in [-0.39, 0.29) is 11.5 Å². The largest absolute Gasteiger partial charge is 0.334 e. The monoisotopic (exact) mass is 393 g/mol. The summed E-state index contributed by atoms with van der Waals surface area (Å²) in [4.78, 5) is 23.9. The molecule has 7 nitrogen and oxygen atoms in total. The molecule has 132 valence electrons. The first kappa shape index (κ1) is 18.8. The zero-order chi connectivity index (χ0) is 17.9. The number of benzene rings is 1. The molecule has 24 heavy (non-hydrogen) atoms. The fourth-order valence-corrected chi connectivity index (χ4v) is 4.47. The molecule has 3 N–H and O–H groups in total. The van der Waals surface area contributed by atoms with Crippen molar-refractivity contribution in [1.29, 1.82) is 0 Å². The van der Waals surface area contributed by atoms with E-state index in [1.807, 2.05) is 0 Å². The molecule has 2 rings (SSSR count). The number of carbonyl (C=O) groups excluding carboxylic acids is 2. The number of rotatable bonds is 4. The zero-order valence-corrected chi connectivity index (χ0v) is 15.1. The summed E-state index contributed by atoms with van der Waals surface area (Å²) in [5.41, 5.74) is 0.411. The minimum atomic E-state index is -3.08. The van der Waals surface area contributed by atoms with Gasteiger partial charge in [-0.2, -0.15) is 0 Å². The number of nitrogens with one attached hydrogen (secondary N) is 3. The first-order valence-electron chi connectivity index (χ1n) is 7.19. The van der Waals surface area contributed by atoms with Crippen molar-refractivity contribution in [3.8, 4) is 0 Å². The number of anilines is 1. The predicted molar refractivity (Wildman–Crippen MR) is 93.3 cm³/mol. The maximum Gasteiger partial charge on any atom is 0.315 e. The van der Waals surface area contributed by atoms with Gasteiger partial charge in [0, 0.05) is 21.8 Å². The predicted octanol–water partition coefficient (Wildman–Crippen LogP) is 1.81. The highest BCUT2D eigenvalue weighted by atomic mass is 35.5. The molecule has 1 aromatic rings. The Morgan fingerprint density at radius 1 is 1.21 bits per heavy atom. The van der Waals surface area contributed by atoms with Crippen LogP contribution in [-0.2, 0) is 14.6 Å². The van der Waals surface area contributed by atoms with E-state index in [4.69, 9.17) is 23.2 Å². The van der Waals surface area contributed by atoms with Gasteiger partial charge in [0.25, 0.3) is 0 Å². The van der Waals surface area contributed by atoms with Crippen LogP contribution < -0.4 is 16.0 Å². The van der Waals surface area contributed by atoms with Gasteiger partial charge < -0.3 is 16.0 Å². The summed E-state index contributed by atoms with van der Waals surface area (Å²) in [7, 11) is -3.08. The van der Waals surface area contributed by atoms with Crippen LogP contribution in [-0.4, -0.2) is 43.9 Å². The molecular formula is C14H17Cl2N3O4S. The summed E-state index contributed by atoms with van der Waals surface area (Å²) in [6.45, 7) is 1.51. The number of hydrogen-bond acceptors (Lipinski definition) is 4. The molecule has 0 bridgehead atoms. The van der Waals surface area contributed by atoms with Gasteiger partial charge in [0.1, 0.15) is 6.04 Å². The van der Waals surface area contributed by atoms with E-state index < -0.39 is 33.9 Å². The zero-order valence-electron chi connectivity index (χ0n) is 12.8. The second-order valence-electron chi connectivity index (χ2n) is 5.59. The van der Waals surface area contributed by atoms with Crippen LogP contribution >= 0.6 is 23.2 Å². The maximum absolute atomic E-state index is 12.1. The van der Waals surface area contributed by atoms with Crippen LogP contribution in [0.15, 0.2) is 18.2 Å². The summed E-state index contributed by atoms with van der Waals surface area (Å²) in [6.07, 6.45) is 0.372. The lowest BCUT2D eigenvalue weighted by molar-refractivity contribution is -0.117. The van der Waals surface area contributed by atoms with Gasteiger partial charge in [-0.25, -0.2) is 13.2 Å². The number of amides is 3. The Balaban J connectivity index is 1.85. The minimum Gasteiger partial charge on any atom is -0.334 e. The van der Waals surface area contributed by atoms with E-state index in [0.29, 0.717) is 22.2 Å². The topological polar surface area (TPSA) is 104 Å². The van der Waals surface area contributed by atoms with Crippen LogP contribution in [0.4, 0.5) is 10.5 Å². The molecule has 10 heteroatoms. The highest BCUT2D eigenvalue weighted by Crippen LogP contribution is 2.22.